The minimum absolute atomic E-state index is 0.500. The van der Waals surface area contributed by atoms with E-state index in [-0.39, 0.29) is 0 Å². The summed E-state index contributed by atoms with van der Waals surface area (Å²) in [6, 6.07) is 9.29. The van der Waals surface area contributed by atoms with Crippen molar-refractivity contribution in [2.45, 2.75) is 18.0 Å². The van der Waals surface area contributed by atoms with E-state index in [1.807, 2.05) is 48.7 Å². The van der Waals surface area contributed by atoms with Crippen LogP contribution in [0.3, 0.4) is 0 Å². The van der Waals surface area contributed by atoms with Crippen LogP contribution in [0, 0.1) is 6.92 Å². The third kappa shape index (κ3) is 5.98. The summed E-state index contributed by atoms with van der Waals surface area (Å²) in [4.78, 5) is 9.52. The van der Waals surface area contributed by atoms with Crippen LogP contribution in [0.4, 0.5) is 4.39 Å². The number of aromatic nitrogens is 3. The number of alkyl halides is 1. The molecule has 1 aromatic carbocycles. The number of hydrogen-bond acceptors (Lipinski definition) is 3. The lowest BCUT2D eigenvalue weighted by molar-refractivity contribution is 0.636. The molecule has 0 saturated heterocycles. The van der Waals surface area contributed by atoms with Gasteiger partial charge in [-0.3, -0.25) is 13.9 Å². The first-order chi connectivity index (χ1) is 13.1. The van der Waals surface area contributed by atoms with Crippen LogP contribution in [-0.2, 0) is 17.1 Å². The van der Waals surface area contributed by atoms with E-state index in [0.29, 0.717) is 12.1 Å². The molecule has 3 rings (SSSR count). The number of benzene rings is 1. The number of imidazole rings is 1. The molecule has 9 heteroatoms. The van der Waals surface area contributed by atoms with Crippen LogP contribution in [0.25, 0.3) is 17.1 Å². The Bertz CT molecular complexity index is 872. The summed E-state index contributed by atoms with van der Waals surface area (Å²) in [7, 11) is 4.13. The zero-order valence-corrected chi connectivity index (χ0v) is 18.7. The lowest BCUT2D eigenvalue weighted by atomic mass is 10.1. The Morgan fingerprint density at radius 3 is 2.33 bits per heavy atom. The second-order valence-electron chi connectivity index (χ2n) is 5.11. The van der Waals surface area contributed by atoms with Crippen LogP contribution >= 0.6 is 18.5 Å². The molecule has 0 amide bonds. The average molecular weight is 426 g/mol. The Hall–Kier alpha value is -1.52. The Morgan fingerprint density at radius 2 is 1.81 bits per heavy atom. The molecule has 0 bridgehead atoms. The summed E-state index contributed by atoms with van der Waals surface area (Å²) >= 11 is 0. The maximum atomic E-state index is 11.3. The molecule has 3 unspecified atom stereocenters. The Balaban J connectivity index is 0.000000855. The van der Waals surface area contributed by atoms with E-state index in [1.165, 1.54) is 0 Å². The summed E-state index contributed by atoms with van der Waals surface area (Å²) in [5, 5.41) is 5.41. The van der Waals surface area contributed by atoms with Crippen molar-refractivity contribution in [2.75, 3.05) is 13.8 Å². The van der Waals surface area contributed by atoms with Gasteiger partial charge in [0, 0.05) is 36.0 Å². The molecule has 146 valence electrons. The molecule has 2 N–H and O–H groups in total. The first-order valence-electron chi connectivity index (χ1n) is 8.01. The molecule has 27 heavy (non-hydrogen) atoms. The van der Waals surface area contributed by atoms with Gasteiger partial charge >= 0.3 is 0 Å². The van der Waals surface area contributed by atoms with E-state index in [1.54, 1.807) is 18.3 Å². The largest absolute Gasteiger partial charge is 0.299 e. The number of pyridine rings is 1. The zero-order valence-electron chi connectivity index (χ0n) is 15.6. The summed E-state index contributed by atoms with van der Waals surface area (Å²) in [6.45, 7) is 3.96. The number of halogens is 1. The highest BCUT2D eigenvalue weighted by Crippen LogP contribution is 2.26. The Morgan fingerprint density at radius 1 is 1.19 bits per heavy atom. The van der Waals surface area contributed by atoms with Gasteiger partial charge in [0.05, 0.1) is 17.8 Å². The Labute approximate surface area is 167 Å². The van der Waals surface area contributed by atoms with Crippen molar-refractivity contribution >= 4 is 29.5 Å². The third-order valence-electron chi connectivity index (χ3n) is 3.59. The zero-order chi connectivity index (χ0) is 20.4. The number of rotatable bonds is 4. The predicted octanol–water partition coefficient (Wildman–Crippen LogP) is 3.68. The van der Waals surface area contributed by atoms with Crippen molar-refractivity contribution in [2.24, 2.45) is 5.14 Å². The molecule has 3 atom stereocenters. The normalized spacial score (nSPS) is 10.9. The van der Waals surface area contributed by atoms with E-state index in [0.717, 1.165) is 34.5 Å². The highest BCUT2D eigenvalue weighted by Gasteiger charge is 2.13. The van der Waals surface area contributed by atoms with Crippen LogP contribution in [0.15, 0.2) is 53.8 Å². The molecule has 3 aromatic rings. The van der Waals surface area contributed by atoms with Crippen molar-refractivity contribution in [1.82, 2.24) is 14.5 Å². The fraction of sp³-hybridized carbons (Fsp3) is 0.222. The van der Waals surface area contributed by atoms with Crippen LogP contribution in [-0.4, -0.2) is 32.6 Å². The van der Waals surface area contributed by atoms with Gasteiger partial charge in [0.1, 0.15) is 16.8 Å². The second-order valence-corrected chi connectivity index (χ2v) is 6.59. The third-order valence-corrected chi connectivity index (χ3v) is 4.75. The van der Waals surface area contributed by atoms with Crippen molar-refractivity contribution < 1.29 is 8.60 Å². The lowest BCUT2D eigenvalue weighted by Crippen LogP contribution is -2.03. The minimum atomic E-state index is -1.47. The van der Waals surface area contributed by atoms with Crippen molar-refractivity contribution in [1.29, 1.82) is 0 Å². The molecular formula is C18H25FN4OP2S. The lowest BCUT2D eigenvalue weighted by Gasteiger charge is -2.10. The first kappa shape index (κ1) is 23.5. The SMILES string of the molecule is CF.CP.Cc1ccncc1-c1nc(CP)cn1-c1ccc(S(N)=O)cc1. The molecule has 2 aromatic heterocycles. The first-order valence-corrected chi connectivity index (χ1v) is 11.2. The summed E-state index contributed by atoms with van der Waals surface area (Å²) < 4.78 is 22.9. The number of hydrogen-bond donors (Lipinski definition) is 1. The van der Waals surface area contributed by atoms with Crippen molar-refractivity contribution in [3.63, 3.8) is 0 Å². The minimum Gasteiger partial charge on any atom is -0.299 e. The fourth-order valence-electron chi connectivity index (χ4n) is 2.35. The van der Waals surface area contributed by atoms with E-state index in [2.05, 4.69) is 23.5 Å². The van der Waals surface area contributed by atoms with Gasteiger partial charge in [-0.25, -0.2) is 14.3 Å². The van der Waals surface area contributed by atoms with Crippen molar-refractivity contribution in [3.05, 3.63) is 60.2 Å². The summed E-state index contributed by atoms with van der Waals surface area (Å²) in [5.74, 6) is 0.842. The maximum Gasteiger partial charge on any atom is 0.146 e. The van der Waals surface area contributed by atoms with Crippen LogP contribution < -0.4 is 5.14 Å². The monoisotopic (exact) mass is 426 g/mol. The molecule has 0 aliphatic carbocycles. The smallest absolute Gasteiger partial charge is 0.146 e. The highest BCUT2D eigenvalue weighted by molar-refractivity contribution is 7.82. The van der Waals surface area contributed by atoms with Gasteiger partial charge in [0.2, 0.25) is 0 Å². The fourth-order valence-corrected chi connectivity index (χ4v) is 2.95. The summed E-state index contributed by atoms with van der Waals surface area (Å²) in [6.07, 6.45) is 6.37. The molecular weight excluding hydrogens is 401 g/mol. The van der Waals surface area contributed by atoms with Gasteiger partial charge in [0.25, 0.3) is 0 Å². The maximum absolute atomic E-state index is 11.3. The molecule has 2 heterocycles. The second kappa shape index (κ2) is 12.0. The molecule has 0 radical (unpaired) electrons. The average Bonchev–Trinajstić information content (AvgIpc) is 3.16. The topological polar surface area (TPSA) is 73.8 Å². The van der Waals surface area contributed by atoms with Crippen LogP contribution in [0.5, 0.6) is 0 Å². The molecule has 0 spiro atoms. The quantitative estimate of drug-likeness (QED) is 0.647. The van der Waals surface area contributed by atoms with Gasteiger partial charge in [-0.1, -0.05) is 6.66 Å². The van der Waals surface area contributed by atoms with Gasteiger partial charge in [-0.05, 0) is 42.8 Å². The molecule has 5 nitrogen and oxygen atoms in total. The molecule has 0 aliphatic heterocycles. The van der Waals surface area contributed by atoms with Gasteiger partial charge < -0.3 is 0 Å². The van der Waals surface area contributed by atoms with E-state index in [4.69, 9.17) is 10.1 Å². The highest BCUT2D eigenvalue weighted by atomic mass is 32.2. The molecule has 0 aliphatic rings. The summed E-state index contributed by atoms with van der Waals surface area (Å²) in [5.41, 5.74) is 4.01. The van der Waals surface area contributed by atoms with E-state index >= 15 is 0 Å². The van der Waals surface area contributed by atoms with Gasteiger partial charge in [0.15, 0.2) is 0 Å². The predicted molar refractivity (Wildman–Crippen MR) is 118 cm³/mol. The van der Waals surface area contributed by atoms with Gasteiger partial charge in [-0.15, -0.1) is 18.5 Å². The number of aryl methyl sites for hydroxylation is 1. The standard InChI is InChI=1S/C16H17N4OPS.CH3F.CH5P/c1-11-6-7-18-8-15(11)16-19-12(10-22)9-20(16)13-2-4-14(5-3-13)23(17)21;2*1-2/h2-9H,10,17,22H2,1H3;1H3;2H2,1H3. The number of nitrogens with zero attached hydrogens (tertiary/aromatic N) is 3. The Kier molecular flexibility index (Phi) is 10.5. The molecule has 0 saturated carbocycles. The van der Waals surface area contributed by atoms with Crippen LogP contribution in [0.2, 0.25) is 0 Å². The van der Waals surface area contributed by atoms with Crippen LogP contribution in [0.1, 0.15) is 11.3 Å². The van der Waals surface area contributed by atoms with E-state index in [9.17, 15) is 8.60 Å². The van der Waals surface area contributed by atoms with Gasteiger partial charge in [-0.2, -0.15) is 0 Å². The van der Waals surface area contributed by atoms with E-state index < -0.39 is 11.0 Å². The number of nitrogens with two attached hydrogens (primary N) is 1. The molecule has 0 fully saturated rings. The van der Waals surface area contributed by atoms with Crippen molar-refractivity contribution in [3.8, 4) is 17.1 Å².